The first kappa shape index (κ1) is 15.3. The number of carbonyl (C=O) groups excluding carboxylic acids is 2. The molecule has 0 radical (unpaired) electrons. The average Bonchev–Trinajstić information content (AvgIpc) is 3.15. The van der Waals surface area contributed by atoms with E-state index in [0.29, 0.717) is 12.3 Å². The molecule has 3 fully saturated rings. The Kier molecular flexibility index (Phi) is 3.20. The zero-order valence-corrected chi connectivity index (χ0v) is 13.9. The molecule has 6 nitrogen and oxygen atoms in total. The molecule has 1 aromatic carbocycles. The summed E-state index contributed by atoms with van der Waals surface area (Å²) in [7, 11) is 0. The van der Waals surface area contributed by atoms with Gasteiger partial charge in [0.1, 0.15) is 11.7 Å². The summed E-state index contributed by atoms with van der Waals surface area (Å²) in [6.07, 6.45) is 3.59. The third kappa shape index (κ3) is 2.21. The Morgan fingerprint density at radius 1 is 1.24 bits per heavy atom. The molecule has 0 N–H and O–H groups in total. The van der Waals surface area contributed by atoms with Crippen LogP contribution < -0.4 is 4.90 Å². The SMILES string of the molecule is Cc1ccc(N2C(=O)[C@H]3[C@@H]4C=C[C@](COC[C@@H]5CO5)(O4)[C@@H]3C2=O)cc1. The maximum absolute atomic E-state index is 13.1. The summed E-state index contributed by atoms with van der Waals surface area (Å²) in [6, 6.07) is 7.44. The van der Waals surface area contributed by atoms with E-state index in [1.165, 1.54) is 4.90 Å². The first-order valence-electron chi connectivity index (χ1n) is 8.60. The van der Waals surface area contributed by atoms with E-state index in [4.69, 9.17) is 14.2 Å². The topological polar surface area (TPSA) is 68.4 Å². The van der Waals surface area contributed by atoms with Crippen LogP contribution in [-0.2, 0) is 23.8 Å². The number of anilines is 1. The molecule has 2 amide bonds. The minimum atomic E-state index is -0.837. The highest BCUT2D eigenvalue weighted by molar-refractivity contribution is 6.23. The van der Waals surface area contributed by atoms with Crippen LogP contribution in [0.5, 0.6) is 0 Å². The number of epoxide rings is 1. The van der Waals surface area contributed by atoms with Crippen LogP contribution in [0.4, 0.5) is 5.69 Å². The molecule has 0 saturated carbocycles. The fourth-order valence-electron chi connectivity index (χ4n) is 4.13. The van der Waals surface area contributed by atoms with Crippen LogP contribution >= 0.6 is 0 Å². The first-order chi connectivity index (χ1) is 12.1. The van der Waals surface area contributed by atoms with E-state index < -0.39 is 17.4 Å². The second-order valence-corrected chi connectivity index (χ2v) is 7.22. The molecule has 1 aromatic rings. The number of hydrogen-bond donors (Lipinski definition) is 0. The highest BCUT2D eigenvalue weighted by Gasteiger charge is 2.67. The molecule has 2 bridgehead atoms. The number of imide groups is 1. The van der Waals surface area contributed by atoms with Gasteiger partial charge in [0.15, 0.2) is 0 Å². The molecule has 0 spiro atoms. The van der Waals surface area contributed by atoms with Crippen LogP contribution in [0.1, 0.15) is 5.56 Å². The summed E-state index contributed by atoms with van der Waals surface area (Å²) >= 11 is 0. The fourth-order valence-corrected chi connectivity index (χ4v) is 4.13. The molecule has 3 saturated heterocycles. The number of amides is 2. The van der Waals surface area contributed by atoms with Gasteiger partial charge >= 0.3 is 0 Å². The van der Waals surface area contributed by atoms with Gasteiger partial charge in [-0.25, -0.2) is 4.90 Å². The number of ether oxygens (including phenoxy) is 3. The molecule has 4 aliphatic heterocycles. The van der Waals surface area contributed by atoms with Gasteiger partial charge in [-0.1, -0.05) is 29.8 Å². The lowest BCUT2D eigenvalue weighted by Crippen LogP contribution is -2.44. The molecule has 4 aliphatic rings. The lowest BCUT2D eigenvalue weighted by Gasteiger charge is -2.28. The number of fused-ring (bicyclic) bond motifs is 5. The molecule has 25 heavy (non-hydrogen) atoms. The lowest BCUT2D eigenvalue weighted by atomic mass is 9.77. The number of benzene rings is 1. The second-order valence-electron chi connectivity index (χ2n) is 7.22. The van der Waals surface area contributed by atoms with Crippen LogP contribution in [0.2, 0.25) is 0 Å². The van der Waals surface area contributed by atoms with E-state index in [2.05, 4.69) is 0 Å². The fraction of sp³-hybridized carbons (Fsp3) is 0.474. The summed E-state index contributed by atoms with van der Waals surface area (Å²) in [6.45, 7) is 3.45. The Balaban J connectivity index is 1.43. The third-order valence-corrected chi connectivity index (χ3v) is 5.48. The maximum atomic E-state index is 13.1. The quantitative estimate of drug-likeness (QED) is 0.458. The Bertz CT molecular complexity index is 769. The third-order valence-electron chi connectivity index (χ3n) is 5.48. The van der Waals surface area contributed by atoms with E-state index >= 15 is 0 Å². The minimum absolute atomic E-state index is 0.153. The van der Waals surface area contributed by atoms with Gasteiger partial charge < -0.3 is 14.2 Å². The van der Waals surface area contributed by atoms with Gasteiger partial charge in [-0.15, -0.1) is 0 Å². The van der Waals surface area contributed by atoms with Gasteiger partial charge in [-0.05, 0) is 19.1 Å². The molecule has 0 aliphatic carbocycles. The van der Waals surface area contributed by atoms with Crippen molar-refractivity contribution >= 4 is 17.5 Å². The van der Waals surface area contributed by atoms with Crippen LogP contribution in [-0.4, -0.2) is 49.4 Å². The summed E-state index contributed by atoms with van der Waals surface area (Å²) in [5.41, 5.74) is 0.869. The van der Waals surface area contributed by atoms with Crippen molar-refractivity contribution in [2.75, 3.05) is 24.7 Å². The van der Waals surface area contributed by atoms with Crippen LogP contribution in [0, 0.1) is 18.8 Å². The van der Waals surface area contributed by atoms with Gasteiger partial charge in [0.25, 0.3) is 0 Å². The van der Waals surface area contributed by atoms with E-state index in [9.17, 15) is 9.59 Å². The Labute approximate surface area is 145 Å². The smallest absolute Gasteiger partial charge is 0.241 e. The normalized spacial score (nSPS) is 37.9. The van der Waals surface area contributed by atoms with E-state index in [1.807, 2.05) is 43.3 Å². The molecular weight excluding hydrogens is 322 g/mol. The van der Waals surface area contributed by atoms with E-state index in [-0.39, 0.29) is 30.6 Å². The summed E-state index contributed by atoms with van der Waals surface area (Å²) < 4.78 is 16.9. The molecule has 6 heteroatoms. The number of carbonyl (C=O) groups is 2. The largest absolute Gasteiger partial charge is 0.375 e. The first-order valence-corrected chi connectivity index (χ1v) is 8.60. The van der Waals surface area contributed by atoms with Gasteiger partial charge in [0.2, 0.25) is 11.8 Å². The highest BCUT2D eigenvalue weighted by Crippen LogP contribution is 2.52. The van der Waals surface area contributed by atoms with Gasteiger partial charge in [0.05, 0.1) is 43.4 Å². The second kappa shape index (κ2) is 5.24. The lowest BCUT2D eigenvalue weighted by molar-refractivity contribution is -0.129. The Hall–Kier alpha value is -2.02. The molecular formula is C19H19NO5. The predicted molar refractivity (Wildman–Crippen MR) is 88.0 cm³/mol. The molecule has 5 atom stereocenters. The summed E-state index contributed by atoms with van der Waals surface area (Å²) in [5.74, 6) is -1.35. The molecule has 0 unspecified atom stereocenters. The van der Waals surface area contributed by atoms with E-state index in [0.717, 1.165) is 12.2 Å². The molecule has 5 rings (SSSR count). The molecule has 4 heterocycles. The Morgan fingerprint density at radius 2 is 2.00 bits per heavy atom. The number of nitrogens with zero attached hydrogens (tertiary/aromatic N) is 1. The van der Waals surface area contributed by atoms with Crippen molar-refractivity contribution in [2.45, 2.75) is 24.7 Å². The van der Waals surface area contributed by atoms with E-state index in [1.54, 1.807) is 0 Å². The van der Waals surface area contributed by atoms with Crippen LogP contribution in [0.25, 0.3) is 0 Å². The zero-order valence-electron chi connectivity index (χ0n) is 13.9. The highest BCUT2D eigenvalue weighted by atomic mass is 16.6. The van der Waals surface area contributed by atoms with Crippen molar-refractivity contribution < 1.29 is 23.8 Å². The summed E-state index contributed by atoms with van der Waals surface area (Å²) in [4.78, 5) is 27.4. The molecule has 130 valence electrons. The maximum Gasteiger partial charge on any atom is 0.241 e. The number of hydrogen-bond acceptors (Lipinski definition) is 5. The van der Waals surface area contributed by atoms with Crippen molar-refractivity contribution in [3.05, 3.63) is 42.0 Å². The van der Waals surface area contributed by atoms with Gasteiger partial charge in [-0.2, -0.15) is 0 Å². The van der Waals surface area contributed by atoms with Crippen molar-refractivity contribution in [1.29, 1.82) is 0 Å². The minimum Gasteiger partial charge on any atom is -0.375 e. The van der Waals surface area contributed by atoms with Crippen molar-refractivity contribution in [1.82, 2.24) is 0 Å². The molecule has 0 aromatic heterocycles. The van der Waals surface area contributed by atoms with Crippen molar-refractivity contribution in [3.8, 4) is 0 Å². The summed E-state index contributed by atoms with van der Waals surface area (Å²) in [5, 5.41) is 0. The Morgan fingerprint density at radius 3 is 2.72 bits per heavy atom. The monoisotopic (exact) mass is 341 g/mol. The van der Waals surface area contributed by atoms with Crippen molar-refractivity contribution in [2.24, 2.45) is 11.8 Å². The number of aryl methyl sites for hydroxylation is 1. The standard InChI is InChI=1S/C19H19NO5/c1-11-2-4-12(5-3-11)20-17(21)15-14-6-7-19(25-14,16(15)18(20)22)10-23-8-13-9-24-13/h2-7,13-16H,8-10H2,1H3/t13-,14+,15+,16+,19-/m1/s1. The predicted octanol–water partition coefficient (Wildman–Crippen LogP) is 1.22. The number of rotatable bonds is 5. The average molecular weight is 341 g/mol. The zero-order chi connectivity index (χ0) is 17.2. The van der Waals surface area contributed by atoms with Gasteiger partial charge in [-0.3, -0.25) is 9.59 Å². The van der Waals surface area contributed by atoms with Crippen LogP contribution in [0.15, 0.2) is 36.4 Å². The van der Waals surface area contributed by atoms with Crippen LogP contribution in [0.3, 0.4) is 0 Å². The van der Waals surface area contributed by atoms with Gasteiger partial charge in [0, 0.05) is 0 Å². The van der Waals surface area contributed by atoms with Crippen molar-refractivity contribution in [3.63, 3.8) is 0 Å².